The number of amides is 1. The highest BCUT2D eigenvalue weighted by molar-refractivity contribution is 5.69. The van der Waals surface area contributed by atoms with Crippen molar-refractivity contribution in [2.75, 3.05) is 13.1 Å². The van der Waals surface area contributed by atoms with Crippen LogP contribution in [0.5, 0.6) is 0 Å². The van der Waals surface area contributed by atoms with Crippen LogP contribution in [0.2, 0.25) is 0 Å². The molecule has 2 rings (SSSR count). The van der Waals surface area contributed by atoms with Gasteiger partial charge in [0.2, 0.25) is 0 Å². The number of halogens is 1. The van der Waals surface area contributed by atoms with Crippen LogP contribution in [0.15, 0.2) is 24.3 Å². The van der Waals surface area contributed by atoms with E-state index in [9.17, 15) is 9.18 Å². The van der Waals surface area contributed by atoms with Crippen molar-refractivity contribution in [2.45, 2.75) is 70.4 Å². The van der Waals surface area contributed by atoms with Crippen LogP contribution in [0.3, 0.4) is 0 Å². The number of carbonyl (C=O) groups excluding carboxylic acids is 1. The molecule has 1 saturated heterocycles. The van der Waals surface area contributed by atoms with Gasteiger partial charge < -0.3 is 15.4 Å². The largest absolute Gasteiger partial charge is 0.444 e. The SMILES string of the molecule is CC(C)(C)OC(=O)N1CCCC[C@H]1[C@@H](CCCN)c1cccc(F)c1. The first-order valence-corrected chi connectivity index (χ1v) is 9.27. The minimum atomic E-state index is -0.523. The van der Waals surface area contributed by atoms with Crippen molar-refractivity contribution in [1.29, 1.82) is 0 Å². The quantitative estimate of drug-likeness (QED) is 0.854. The van der Waals surface area contributed by atoms with Crippen LogP contribution in [0.4, 0.5) is 9.18 Å². The number of piperidine rings is 1. The number of hydrogen-bond donors (Lipinski definition) is 1. The third-order valence-corrected chi connectivity index (χ3v) is 4.64. The predicted molar refractivity (Wildman–Crippen MR) is 98.0 cm³/mol. The average molecular weight is 350 g/mol. The molecule has 0 bridgehead atoms. The lowest BCUT2D eigenvalue weighted by Crippen LogP contribution is -2.48. The van der Waals surface area contributed by atoms with Crippen molar-refractivity contribution in [3.05, 3.63) is 35.6 Å². The Hall–Kier alpha value is -1.62. The number of benzene rings is 1. The van der Waals surface area contributed by atoms with Crippen molar-refractivity contribution in [3.8, 4) is 0 Å². The van der Waals surface area contributed by atoms with Gasteiger partial charge in [-0.25, -0.2) is 9.18 Å². The minimum absolute atomic E-state index is 0.0250. The molecule has 140 valence electrons. The van der Waals surface area contributed by atoms with E-state index in [1.165, 1.54) is 6.07 Å². The highest BCUT2D eigenvalue weighted by Gasteiger charge is 2.35. The topological polar surface area (TPSA) is 55.6 Å². The van der Waals surface area contributed by atoms with Crippen molar-refractivity contribution in [2.24, 2.45) is 5.73 Å². The molecule has 1 heterocycles. The lowest BCUT2D eigenvalue weighted by Gasteiger charge is -2.41. The third kappa shape index (κ3) is 5.70. The van der Waals surface area contributed by atoms with Gasteiger partial charge in [0.1, 0.15) is 11.4 Å². The van der Waals surface area contributed by atoms with Gasteiger partial charge in [-0.3, -0.25) is 0 Å². The number of hydrogen-bond acceptors (Lipinski definition) is 3. The second-order valence-electron chi connectivity index (χ2n) is 7.83. The average Bonchev–Trinajstić information content (AvgIpc) is 2.54. The predicted octanol–water partition coefficient (Wildman–Crippen LogP) is 4.44. The van der Waals surface area contributed by atoms with Gasteiger partial charge in [0.05, 0.1) is 0 Å². The van der Waals surface area contributed by atoms with E-state index in [0.717, 1.165) is 37.7 Å². The molecule has 0 aromatic heterocycles. The number of rotatable bonds is 5. The Kier molecular flexibility index (Phi) is 6.82. The van der Waals surface area contributed by atoms with E-state index in [2.05, 4.69) is 0 Å². The van der Waals surface area contributed by atoms with Gasteiger partial charge in [-0.1, -0.05) is 12.1 Å². The van der Waals surface area contributed by atoms with Gasteiger partial charge >= 0.3 is 6.09 Å². The van der Waals surface area contributed by atoms with Crippen molar-refractivity contribution in [3.63, 3.8) is 0 Å². The molecule has 2 atom stereocenters. The smallest absolute Gasteiger partial charge is 0.410 e. The molecule has 1 aromatic rings. The fourth-order valence-corrected chi connectivity index (χ4v) is 3.58. The van der Waals surface area contributed by atoms with Gasteiger partial charge in [0.15, 0.2) is 0 Å². The monoisotopic (exact) mass is 350 g/mol. The summed E-state index contributed by atoms with van der Waals surface area (Å²) < 4.78 is 19.4. The van der Waals surface area contributed by atoms with Crippen LogP contribution in [0, 0.1) is 5.82 Å². The van der Waals surface area contributed by atoms with E-state index in [4.69, 9.17) is 10.5 Å². The van der Waals surface area contributed by atoms with Crippen molar-refractivity contribution in [1.82, 2.24) is 4.90 Å². The summed E-state index contributed by atoms with van der Waals surface area (Å²) in [4.78, 5) is 14.6. The minimum Gasteiger partial charge on any atom is -0.444 e. The molecular weight excluding hydrogens is 319 g/mol. The summed E-state index contributed by atoms with van der Waals surface area (Å²) in [6.45, 7) is 6.91. The molecular formula is C20H31FN2O2. The van der Waals surface area contributed by atoms with Crippen LogP contribution in [-0.4, -0.2) is 35.7 Å². The molecule has 0 radical (unpaired) electrons. The number of ether oxygens (including phenoxy) is 1. The van der Waals surface area contributed by atoms with Gasteiger partial charge in [-0.05, 0) is 77.1 Å². The Bertz CT molecular complexity index is 571. The molecule has 0 aliphatic carbocycles. The zero-order chi connectivity index (χ0) is 18.4. The zero-order valence-electron chi connectivity index (χ0n) is 15.6. The summed E-state index contributed by atoms with van der Waals surface area (Å²) in [6, 6.07) is 6.75. The lowest BCUT2D eigenvalue weighted by atomic mass is 9.82. The Morgan fingerprint density at radius 3 is 2.80 bits per heavy atom. The Labute approximate surface area is 150 Å². The molecule has 1 amide bonds. The summed E-state index contributed by atoms with van der Waals surface area (Å²) in [5.74, 6) is -0.165. The highest BCUT2D eigenvalue weighted by atomic mass is 19.1. The van der Waals surface area contributed by atoms with Crippen LogP contribution < -0.4 is 5.73 Å². The number of likely N-dealkylation sites (tertiary alicyclic amines) is 1. The molecule has 2 N–H and O–H groups in total. The fraction of sp³-hybridized carbons (Fsp3) is 0.650. The molecule has 25 heavy (non-hydrogen) atoms. The van der Waals surface area contributed by atoms with E-state index in [0.29, 0.717) is 13.1 Å². The summed E-state index contributed by atoms with van der Waals surface area (Å²) in [6.07, 6.45) is 4.36. The first kappa shape index (κ1) is 19.7. The maximum atomic E-state index is 13.8. The van der Waals surface area contributed by atoms with E-state index >= 15 is 0 Å². The van der Waals surface area contributed by atoms with E-state index < -0.39 is 5.60 Å². The van der Waals surface area contributed by atoms with Crippen LogP contribution in [0.1, 0.15) is 64.4 Å². The standard InChI is InChI=1S/C20H31FN2O2/c1-20(2,3)25-19(24)23-13-5-4-11-18(23)17(10-7-12-22)15-8-6-9-16(21)14-15/h6,8-9,14,17-18H,4-5,7,10-13,22H2,1-3H3/t17-,18-/m0/s1. The molecule has 1 aliphatic heterocycles. The lowest BCUT2D eigenvalue weighted by molar-refractivity contribution is 0.00581. The van der Waals surface area contributed by atoms with E-state index in [1.54, 1.807) is 12.1 Å². The second-order valence-corrected chi connectivity index (χ2v) is 7.83. The van der Waals surface area contributed by atoms with E-state index in [1.807, 2.05) is 31.7 Å². The Morgan fingerprint density at radius 1 is 1.40 bits per heavy atom. The van der Waals surface area contributed by atoms with E-state index in [-0.39, 0.29) is 23.9 Å². The first-order chi connectivity index (χ1) is 11.8. The maximum absolute atomic E-state index is 13.8. The Morgan fingerprint density at radius 2 is 2.16 bits per heavy atom. The Balaban J connectivity index is 2.27. The molecule has 0 unspecified atom stereocenters. The van der Waals surface area contributed by atoms with Gasteiger partial charge in [-0.15, -0.1) is 0 Å². The summed E-state index contributed by atoms with van der Waals surface area (Å²) >= 11 is 0. The van der Waals surface area contributed by atoms with Gasteiger partial charge in [-0.2, -0.15) is 0 Å². The van der Waals surface area contributed by atoms with Crippen molar-refractivity contribution >= 4 is 6.09 Å². The molecule has 5 heteroatoms. The molecule has 1 aromatic carbocycles. The van der Waals surface area contributed by atoms with Gasteiger partial charge in [0.25, 0.3) is 0 Å². The molecule has 4 nitrogen and oxygen atoms in total. The van der Waals surface area contributed by atoms with Crippen LogP contribution in [0.25, 0.3) is 0 Å². The second kappa shape index (κ2) is 8.65. The summed E-state index contributed by atoms with van der Waals surface area (Å²) in [7, 11) is 0. The number of nitrogens with zero attached hydrogens (tertiary/aromatic N) is 1. The van der Waals surface area contributed by atoms with Gasteiger partial charge in [0, 0.05) is 18.5 Å². The van der Waals surface area contributed by atoms with Crippen LogP contribution >= 0.6 is 0 Å². The molecule has 0 saturated carbocycles. The number of carbonyl (C=O) groups is 1. The molecule has 1 aliphatic rings. The van der Waals surface area contributed by atoms with Crippen molar-refractivity contribution < 1.29 is 13.9 Å². The van der Waals surface area contributed by atoms with Crippen LogP contribution in [-0.2, 0) is 4.74 Å². The highest BCUT2D eigenvalue weighted by Crippen LogP contribution is 2.35. The maximum Gasteiger partial charge on any atom is 0.410 e. The normalized spacial score (nSPS) is 19.6. The zero-order valence-corrected chi connectivity index (χ0v) is 15.6. The molecule has 1 fully saturated rings. The molecule has 0 spiro atoms. The number of nitrogens with two attached hydrogens (primary N) is 1. The summed E-state index contributed by atoms with van der Waals surface area (Å²) in [5.41, 5.74) is 6.13. The summed E-state index contributed by atoms with van der Waals surface area (Å²) in [5, 5.41) is 0. The fourth-order valence-electron chi connectivity index (χ4n) is 3.58. The third-order valence-electron chi connectivity index (χ3n) is 4.64. The first-order valence-electron chi connectivity index (χ1n) is 9.27.